The van der Waals surface area contributed by atoms with Crippen LogP contribution in [-0.4, -0.2) is 37.8 Å². The Balaban J connectivity index is 2.48. The van der Waals surface area contributed by atoms with Crippen LogP contribution in [0.4, 0.5) is 0 Å². The maximum Gasteiger partial charge on any atom is 0.356 e. The molecule has 0 saturated carbocycles. The first-order chi connectivity index (χ1) is 14.4. The van der Waals surface area contributed by atoms with Gasteiger partial charge in [-0.3, -0.25) is 0 Å². The van der Waals surface area contributed by atoms with Crippen molar-refractivity contribution < 1.29 is 22.5 Å². The highest BCUT2D eigenvalue weighted by Gasteiger charge is 2.34. The molecule has 2 aromatic carbocycles. The summed E-state index contributed by atoms with van der Waals surface area (Å²) in [6.45, 7) is 5.29. The van der Waals surface area contributed by atoms with Gasteiger partial charge in [0.15, 0.2) is 5.69 Å². The number of fused-ring (bicyclic) bond motifs is 1. The van der Waals surface area contributed by atoms with E-state index in [-0.39, 0.29) is 18.1 Å². The fourth-order valence-electron chi connectivity index (χ4n) is 3.21. The molecule has 0 aliphatic heterocycles. The average Bonchev–Trinajstić information content (AvgIpc) is 3.05. The van der Waals surface area contributed by atoms with Gasteiger partial charge in [0, 0.05) is 28.1 Å². The Labute approximate surface area is 181 Å². The van der Waals surface area contributed by atoms with Crippen LogP contribution >= 0.6 is 19.7 Å². The lowest BCUT2D eigenvalue weighted by Gasteiger charge is -2.17. The molecule has 9 heteroatoms. The van der Waals surface area contributed by atoms with Crippen molar-refractivity contribution >= 4 is 57.3 Å². The number of hydrogen-bond acceptors (Lipinski definition) is 5. The van der Waals surface area contributed by atoms with Crippen LogP contribution in [0.3, 0.4) is 0 Å². The van der Waals surface area contributed by atoms with E-state index in [1.807, 2.05) is 30.3 Å². The van der Waals surface area contributed by atoms with Gasteiger partial charge in [-0.2, -0.15) is 0 Å². The largest absolute Gasteiger partial charge is 0.461 e. The monoisotopic (exact) mass is 465 g/mol. The maximum absolute atomic E-state index is 13.1. The Hall–Kier alpha value is -2.18. The van der Waals surface area contributed by atoms with Gasteiger partial charge < -0.3 is 9.26 Å². The van der Waals surface area contributed by atoms with Gasteiger partial charge in [0.25, 0.3) is 0 Å². The van der Waals surface area contributed by atoms with Crippen LogP contribution < -0.4 is 10.6 Å². The molecule has 0 fully saturated rings. The second-order valence-electron chi connectivity index (χ2n) is 6.22. The van der Waals surface area contributed by atoms with E-state index in [0.717, 1.165) is 9.28 Å². The van der Waals surface area contributed by atoms with Crippen LogP contribution in [0.1, 0.15) is 17.4 Å². The van der Waals surface area contributed by atoms with E-state index in [9.17, 15) is 13.2 Å². The fourth-order valence-corrected chi connectivity index (χ4v) is 6.67. The Bertz CT molecular complexity index is 1190. The SMILES string of the molecule is C=CCS(=O)(=O)n1c(C(=O)OCC)c(P(OC)c2ccccc2)c2cc(Cl)ccc21. The number of benzene rings is 2. The number of hydrogen-bond donors (Lipinski definition) is 0. The van der Waals surface area contributed by atoms with E-state index in [4.69, 9.17) is 20.9 Å². The predicted molar refractivity (Wildman–Crippen MR) is 122 cm³/mol. The van der Waals surface area contributed by atoms with Crippen LogP contribution in [0, 0.1) is 0 Å². The third-order valence-corrected chi connectivity index (χ3v) is 8.13. The normalized spacial score (nSPS) is 12.6. The molecule has 1 atom stereocenters. The number of ether oxygens (including phenoxy) is 1. The molecule has 30 heavy (non-hydrogen) atoms. The minimum absolute atomic E-state index is 0.0761. The van der Waals surface area contributed by atoms with Gasteiger partial charge in [-0.05, 0) is 25.1 Å². The Morgan fingerprint density at radius 2 is 1.93 bits per heavy atom. The first kappa shape index (κ1) is 22.5. The van der Waals surface area contributed by atoms with E-state index in [2.05, 4.69) is 6.58 Å². The Morgan fingerprint density at radius 1 is 1.23 bits per heavy atom. The molecule has 3 rings (SSSR count). The molecule has 1 heterocycles. The second kappa shape index (κ2) is 9.31. The van der Waals surface area contributed by atoms with E-state index in [1.165, 1.54) is 13.2 Å². The van der Waals surface area contributed by atoms with Crippen LogP contribution in [-0.2, 0) is 19.3 Å². The van der Waals surface area contributed by atoms with Crippen molar-refractivity contribution in [2.45, 2.75) is 6.92 Å². The minimum Gasteiger partial charge on any atom is -0.461 e. The summed E-state index contributed by atoms with van der Waals surface area (Å²) in [6.07, 6.45) is 1.28. The highest BCUT2D eigenvalue weighted by Crippen LogP contribution is 2.40. The van der Waals surface area contributed by atoms with Crippen LogP contribution in [0.25, 0.3) is 10.9 Å². The second-order valence-corrected chi connectivity index (χ2v) is 10.4. The van der Waals surface area contributed by atoms with Gasteiger partial charge in [-0.25, -0.2) is 17.2 Å². The molecule has 0 aliphatic carbocycles. The van der Waals surface area contributed by atoms with Crippen LogP contribution in [0.5, 0.6) is 0 Å². The molecule has 6 nitrogen and oxygen atoms in total. The summed E-state index contributed by atoms with van der Waals surface area (Å²) in [6, 6.07) is 14.1. The van der Waals surface area contributed by atoms with Crippen molar-refractivity contribution in [3.05, 3.63) is 71.9 Å². The molecule has 158 valence electrons. The summed E-state index contributed by atoms with van der Waals surface area (Å²) < 4.78 is 38.4. The number of halogens is 1. The molecular weight excluding hydrogens is 445 g/mol. The summed E-state index contributed by atoms with van der Waals surface area (Å²) in [7, 11) is -3.94. The summed E-state index contributed by atoms with van der Waals surface area (Å²) in [5.41, 5.74) is 0.257. The lowest BCUT2D eigenvalue weighted by Crippen LogP contribution is -2.27. The van der Waals surface area contributed by atoms with Crippen LogP contribution in [0.15, 0.2) is 61.2 Å². The zero-order valence-corrected chi connectivity index (χ0v) is 19.0. The number of carbonyl (C=O) groups excluding carboxylic acids is 1. The quantitative estimate of drug-likeness (QED) is 0.287. The molecule has 0 amide bonds. The fraction of sp³-hybridized carbons (Fsp3) is 0.190. The maximum atomic E-state index is 13.1. The number of carbonyl (C=O) groups is 1. The van der Waals surface area contributed by atoms with Crippen molar-refractivity contribution in [2.24, 2.45) is 0 Å². The Kier molecular flexibility index (Phi) is 6.98. The van der Waals surface area contributed by atoms with E-state index in [1.54, 1.807) is 25.1 Å². The van der Waals surface area contributed by atoms with E-state index < -0.39 is 24.1 Å². The zero-order valence-electron chi connectivity index (χ0n) is 16.5. The molecule has 1 unspecified atom stereocenters. The van der Waals surface area contributed by atoms with Gasteiger partial charge in [-0.1, -0.05) is 48.0 Å². The third-order valence-electron chi connectivity index (χ3n) is 4.31. The molecule has 0 spiro atoms. The average molecular weight is 466 g/mol. The zero-order chi connectivity index (χ0) is 21.9. The molecular formula is C21H21ClNO5PS. The number of aromatic nitrogens is 1. The lowest BCUT2D eigenvalue weighted by atomic mass is 10.2. The smallest absolute Gasteiger partial charge is 0.356 e. The topological polar surface area (TPSA) is 74.6 Å². The van der Waals surface area contributed by atoms with Crippen molar-refractivity contribution in [1.29, 1.82) is 0 Å². The lowest BCUT2D eigenvalue weighted by molar-refractivity contribution is 0.0520. The summed E-state index contributed by atoms with van der Waals surface area (Å²) in [5, 5.41) is 2.20. The van der Waals surface area contributed by atoms with Crippen molar-refractivity contribution in [3.63, 3.8) is 0 Å². The first-order valence-electron chi connectivity index (χ1n) is 9.10. The van der Waals surface area contributed by atoms with Gasteiger partial charge in [0.2, 0.25) is 10.0 Å². The third kappa shape index (κ3) is 4.16. The van der Waals surface area contributed by atoms with Gasteiger partial charge in [-0.15, -0.1) is 6.58 Å². The van der Waals surface area contributed by atoms with Crippen molar-refractivity contribution in [1.82, 2.24) is 3.97 Å². The van der Waals surface area contributed by atoms with E-state index >= 15 is 0 Å². The van der Waals surface area contributed by atoms with Crippen molar-refractivity contribution in [3.8, 4) is 0 Å². The summed E-state index contributed by atoms with van der Waals surface area (Å²) in [5.74, 6) is -1.09. The standard InChI is InChI=1S/C21H21ClNO5PS/c1-4-13-30(25,26)23-18-12-11-15(22)14-17(18)20(19(23)21(24)28-5-2)29(27-3)16-9-7-6-8-10-16/h4,6-12,14H,1,5,13H2,2-3H3. The number of rotatable bonds is 8. The molecule has 0 N–H and O–H groups in total. The molecule has 0 aliphatic rings. The highest BCUT2D eigenvalue weighted by atomic mass is 35.5. The van der Waals surface area contributed by atoms with Gasteiger partial charge in [0.1, 0.15) is 0 Å². The van der Waals surface area contributed by atoms with Gasteiger partial charge in [0.05, 0.1) is 26.0 Å². The molecule has 0 radical (unpaired) electrons. The molecule has 3 aromatic rings. The minimum atomic E-state index is -3.94. The molecule has 1 aromatic heterocycles. The summed E-state index contributed by atoms with van der Waals surface area (Å²) >= 11 is 6.24. The van der Waals surface area contributed by atoms with Crippen LogP contribution in [0.2, 0.25) is 5.02 Å². The first-order valence-corrected chi connectivity index (χ1v) is 12.3. The highest BCUT2D eigenvalue weighted by molar-refractivity contribution is 7.90. The number of esters is 1. The number of nitrogens with zero attached hydrogens (tertiary/aromatic N) is 1. The summed E-state index contributed by atoms with van der Waals surface area (Å²) in [4.78, 5) is 13.0. The molecule has 0 bridgehead atoms. The van der Waals surface area contributed by atoms with Crippen molar-refractivity contribution in [2.75, 3.05) is 19.5 Å². The van der Waals surface area contributed by atoms with Gasteiger partial charge >= 0.3 is 5.97 Å². The predicted octanol–water partition coefficient (Wildman–Crippen LogP) is 3.83. The van der Waals surface area contributed by atoms with E-state index in [0.29, 0.717) is 21.2 Å². The Morgan fingerprint density at radius 3 is 2.53 bits per heavy atom. The molecule has 0 saturated heterocycles.